The van der Waals surface area contributed by atoms with Crippen molar-refractivity contribution in [2.75, 3.05) is 19.0 Å². The maximum atomic E-state index is 11.8. The Balaban J connectivity index is 1.88. The van der Waals surface area contributed by atoms with Gasteiger partial charge in [-0.3, -0.25) is 9.59 Å². The predicted molar refractivity (Wildman–Crippen MR) is 88.0 cm³/mol. The largest absolute Gasteiger partial charge is 0.495 e. The zero-order chi connectivity index (χ0) is 16.1. The van der Waals surface area contributed by atoms with E-state index >= 15 is 0 Å². The van der Waals surface area contributed by atoms with Gasteiger partial charge in [0.05, 0.1) is 23.6 Å². The van der Waals surface area contributed by atoms with Crippen molar-refractivity contribution in [2.45, 2.75) is 6.92 Å². The van der Waals surface area contributed by atoms with Crippen molar-refractivity contribution in [3.63, 3.8) is 0 Å². The van der Waals surface area contributed by atoms with Gasteiger partial charge in [-0.1, -0.05) is 11.6 Å². The Morgan fingerprint density at radius 1 is 1.27 bits per heavy atom. The number of anilines is 1. The predicted octanol–water partition coefficient (Wildman–Crippen LogP) is 3.09. The van der Waals surface area contributed by atoms with E-state index in [0.29, 0.717) is 21.3 Å². The van der Waals surface area contributed by atoms with Crippen molar-refractivity contribution >= 4 is 40.4 Å². The first-order valence-electron chi connectivity index (χ1n) is 6.47. The van der Waals surface area contributed by atoms with Crippen molar-refractivity contribution in [1.82, 2.24) is 5.32 Å². The second-order valence-corrected chi connectivity index (χ2v) is 6.19. The highest BCUT2D eigenvalue weighted by molar-refractivity contribution is 7.13. The van der Waals surface area contributed by atoms with Crippen LogP contribution in [-0.2, 0) is 4.79 Å². The van der Waals surface area contributed by atoms with Crippen LogP contribution in [0.5, 0.6) is 5.75 Å². The number of carbonyl (C=O) groups is 2. The molecule has 0 spiro atoms. The molecule has 0 fully saturated rings. The van der Waals surface area contributed by atoms with Crippen LogP contribution in [-0.4, -0.2) is 25.5 Å². The smallest absolute Gasteiger partial charge is 0.261 e. The fourth-order valence-electron chi connectivity index (χ4n) is 1.75. The summed E-state index contributed by atoms with van der Waals surface area (Å²) >= 11 is 7.36. The molecule has 2 aromatic rings. The Morgan fingerprint density at radius 3 is 2.64 bits per heavy atom. The van der Waals surface area contributed by atoms with Crippen LogP contribution in [0.3, 0.4) is 0 Å². The molecular formula is C15H15ClN2O3S. The molecule has 0 aliphatic heterocycles. The first-order valence-corrected chi connectivity index (χ1v) is 7.67. The van der Waals surface area contributed by atoms with Gasteiger partial charge in [-0.25, -0.2) is 0 Å². The summed E-state index contributed by atoms with van der Waals surface area (Å²) in [6.45, 7) is 1.81. The van der Waals surface area contributed by atoms with E-state index in [1.807, 2.05) is 13.0 Å². The van der Waals surface area contributed by atoms with Gasteiger partial charge in [0.2, 0.25) is 5.91 Å². The lowest BCUT2D eigenvalue weighted by atomic mass is 10.3. The Bertz CT molecular complexity index is 700. The second kappa shape index (κ2) is 7.29. The SMILES string of the molecule is COc1ccc(NC(=O)CNC(=O)c2ccc(C)s2)cc1Cl. The van der Waals surface area contributed by atoms with Crippen molar-refractivity contribution in [1.29, 1.82) is 0 Å². The van der Waals surface area contributed by atoms with Gasteiger partial charge >= 0.3 is 0 Å². The molecule has 5 nitrogen and oxygen atoms in total. The van der Waals surface area contributed by atoms with Crippen LogP contribution in [0.25, 0.3) is 0 Å². The number of rotatable bonds is 5. The summed E-state index contributed by atoms with van der Waals surface area (Å²) in [5.74, 6) is -0.0649. The van der Waals surface area contributed by atoms with Crippen molar-refractivity contribution in [2.24, 2.45) is 0 Å². The van der Waals surface area contributed by atoms with Gasteiger partial charge in [-0.2, -0.15) is 0 Å². The minimum atomic E-state index is -0.331. The summed E-state index contributed by atoms with van der Waals surface area (Å²) in [4.78, 5) is 25.3. The number of amides is 2. The lowest BCUT2D eigenvalue weighted by molar-refractivity contribution is -0.115. The lowest BCUT2D eigenvalue weighted by Gasteiger charge is -2.08. The third-order valence-electron chi connectivity index (χ3n) is 2.81. The molecule has 0 radical (unpaired) electrons. The molecule has 7 heteroatoms. The number of ether oxygens (including phenoxy) is 1. The van der Waals surface area contributed by atoms with Gasteiger partial charge in [-0.05, 0) is 37.3 Å². The van der Waals surface area contributed by atoms with Gasteiger partial charge in [0.1, 0.15) is 5.75 Å². The number of halogens is 1. The monoisotopic (exact) mass is 338 g/mol. The first kappa shape index (κ1) is 16.3. The topological polar surface area (TPSA) is 67.4 Å². The molecule has 0 aliphatic carbocycles. The summed E-state index contributed by atoms with van der Waals surface area (Å²) in [6.07, 6.45) is 0. The third-order valence-corrected chi connectivity index (χ3v) is 4.10. The standard InChI is InChI=1S/C15H15ClN2O3S/c1-9-3-6-13(22-9)15(20)17-8-14(19)18-10-4-5-12(21-2)11(16)7-10/h3-7H,8H2,1-2H3,(H,17,20)(H,18,19). The zero-order valence-corrected chi connectivity index (χ0v) is 13.7. The molecule has 22 heavy (non-hydrogen) atoms. The Hall–Kier alpha value is -2.05. The highest BCUT2D eigenvalue weighted by Crippen LogP contribution is 2.27. The van der Waals surface area contributed by atoms with E-state index in [4.69, 9.17) is 16.3 Å². The van der Waals surface area contributed by atoms with Gasteiger partial charge in [-0.15, -0.1) is 11.3 Å². The van der Waals surface area contributed by atoms with Crippen LogP contribution in [0.15, 0.2) is 30.3 Å². The quantitative estimate of drug-likeness (QED) is 0.880. The average molecular weight is 339 g/mol. The van der Waals surface area contributed by atoms with Crippen LogP contribution < -0.4 is 15.4 Å². The fourth-order valence-corrected chi connectivity index (χ4v) is 2.80. The molecule has 0 aliphatic rings. The summed E-state index contributed by atoms with van der Waals surface area (Å²) < 4.78 is 5.03. The number of carbonyl (C=O) groups excluding carboxylic acids is 2. The summed E-state index contributed by atoms with van der Waals surface area (Å²) in [6, 6.07) is 8.51. The molecule has 2 N–H and O–H groups in total. The van der Waals surface area contributed by atoms with E-state index in [1.54, 1.807) is 24.3 Å². The molecule has 1 aromatic carbocycles. The van der Waals surface area contributed by atoms with Gasteiger partial charge in [0, 0.05) is 10.6 Å². The minimum absolute atomic E-state index is 0.112. The van der Waals surface area contributed by atoms with Crippen molar-refractivity contribution in [3.05, 3.63) is 45.1 Å². The Labute approximate surface area is 137 Å². The molecule has 2 rings (SSSR count). The zero-order valence-electron chi connectivity index (χ0n) is 12.1. The number of nitrogens with one attached hydrogen (secondary N) is 2. The maximum absolute atomic E-state index is 11.8. The summed E-state index contributed by atoms with van der Waals surface area (Å²) in [7, 11) is 1.52. The Kier molecular flexibility index (Phi) is 5.41. The Morgan fingerprint density at radius 2 is 2.05 bits per heavy atom. The van der Waals surface area contributed by atoms with E-state index in [-0.39, 0.29) is 18.4 Å². The van der Waals surface area contributed by atoms with Crippen LogP contribution >= 0.6 is 22.9 Å². The van der Waals surface area contributed by atoms with Crippen LogP contribution in [0.4, 0.5) is 5.69 Å². The van der Waals surface area contributed by atoms with Gasteiger partial charge in [0.15, 0.2) is 0 Å². The average Bonchev–Trinajstić information content (AvgIpc) is 2.91. The highest BCUT2D eigenvalue weighted by atomic mass is 35.5. The lowest BCUT2D eigenvalue weighted by Crippen LogP contribution is -2.32. The molecule has 2 amide bonds. The molecule has 116 valence electrons. The number of hydrogen-bond acceptors (Lipinski definition) is 4. The maximum Gasteiger partial charge on any atom is 0.261 e. The van der Waals surface area contributed by atoms with E-state index in [0.717, 1.165) is 4.88 Å². The van der Waals surface area contributed by atoms with Crippen molar-refractivity contribution in [3.8, 4) is 5.75 Å². The molecule has 0 atom stereocenters. The highest BCUT2D eigenvalue weighted by Gasteiger charge is 2.10. The number of hydrogen-bond donors (Lipinski definition) is 2. The molecular weight excluding hydrogens is 324 g/mol. The van der Waals surface area contributed by atoms with Crippen LogP contribution in [0.2, 0.25) is 5.02 Å². The fraction of sp³-hybridized carbons (Fsp3) is 0.200. The normalized spacial score (nSPS) is 10.1. The van der Waals surface area contributed by atoms with E-state index in [1.165, 1.54) is 18.4 Å². The third kappa shape index (κ3) is 4.22. The number of aryl methyl sites for hydroxylation is 1. The molecule has 0 saturated heterocycles. The van der Waals surface area contributed by atoms with Gasteiger partial charge < -0.3 is 15.4 Å². The molecule has 0 unspecified atom stereocenters. The van der Waals surface area contributed by atoms with Crippen LogP contribution in [0.1, 0.15) is 14.5 Å². The van der Waals surface area contributed by atoms with E-state index in [2.05, 4.69) is 10.6 Å². The van der Waals surface area contributed by atoms with E-state index in [9.17, 15) is 9.59 Å². The first-order chi connectivity index (χ1) is 10.5. The van der Waals surface area contributed by atoms with E-state index < -0.39 is 0 Å². The summed E-state index contributed by atoms with van der Waals surface area (Å²) in [5.41, 5.74) is 0.539. The minimum Gasteiger partial charge on any atom is -0.495 e. The molecule has 0 bridgehead atoms. The van der Waals surface area contributed by atoms with Crippen LogP contribution in [0, 0.1) is 6.92 Å². The second-order valence-electron chi connectivity index (χ2n) is 4.49. The van der Waals surface area contributed by atoms with Gasteiger partial charge in [0.25, 0.3) is 5.91 Å². The molecule has 1 aromatic heterocycles. The summed E-state index contributed by atoms with van der Waals surface area (Å²) in [5, 5.41) is 5.63. The number of benzene rings is 1. The number of thiophene rings is 1. The molecule has 1 heterocycles. The molecule has 0 saturated carbocycles. The van der Waals surface area contributed by atoms with Crippen molar-refractivity contribution < 1.29 is 14.3 Å². The number of methoxy groups -OCH3 is 1.